The fourth-order valence-electron chi connectivity index (χ4n) is 1.71. The minimum Gasteiger partial charge on any atom is -0.466 e. The predicted molar refractivity (Wildman–Crippen MR) is 73.0 cm³/mol. The smallest absolute Gasteiger partial charge is 0.189 e. The van der Waals surface area contributed by atoms with Crippen molar-refractivity contribution in [1.82, 2.24) is 5.32 Å². The summed E-state index contributed by atoms with van der Waals surface area (Å²) < 4.78 is 11.1. The third kappa shape index (κ3) is 4.16. The van der Waals surface area contributed by atoms with Crippen molar-refractivity contribution >= 4 is 11.6 Å². The van der Waals surface area contributed by atoms with Crippen LogP contribution in [0.25, 0.3) is 0 Å². The summed E-state index contributed by atoms with van der Waals surface area (Å²) in [7, 11) is 0. The van der Waals surface area contributed by atoms with Crippen LogP contribution in [0.3, 0.4) is 0 Å². The van der Waals surface area contributed by atoms with Gasteiger partial charge in [0.1, 0.15) is 5.75 Å². The summed E-state index contributed by atoms with van der Waals surface area (Å²) in [4.78, 5) is 0. The third-order valence-corrected chi connectivity index (χ3v) is 3.25. The molecule has 0 atom stereocenters. The molecule has 4 heteroatoms. The second-order valence-corrected chi connectivity index (χ2v) is 4.99. The van der Waals surface area contributed by atoms with E-state index in [2.05, 4.69) is 12.2 Å². The van der Waals surface area contributed by atoms with Gasteiger partial charge in [-0.1, -0.05) is 30.7 Å². The van der Waals surface area contributed by atoms with Crippen molar-refractivity contribution in [3.63, 3.8) is 0 Å². The summed E-state index contributed by atoms with van der Waals surface area (Å²) >= 11 is 6.15. The summed E-state index contributed by atoms with van der Waals surface area (Å²) in [5.74, 6) is 1.48. The molecule has 3 nitrogen and oxygen atoms in total. The van der Waals surface area contributed by atoms with Gasteiger partial charge in [0.05, 0.1) is 11.6 Å². The Morgan fingerprint density at radius 1 is 1.39 bits per heavy atom. The Bertz CT molecular complexity index is 380. The average molecular weight is 270 g/mol. The minimum absolute atomic E-state index is 0.277. The quantitative estimate of drug-likeness (QED) is 0.581. The van der Waals surface area contributed by atoms with E-state index in [-0.39, 0.29) is 6.79 Å². The van der Waals surface area contributed by atoms with E-state index in [0.29, 0.717) is 5.02 Å². The lowest BCUT2D eigenvalue weighted by Gasteiger charge is -2.13. The van der Waals surface area contributed by atoms with Crippen LogP contribution in [0.5, 0.6) is 5.75 Å². The van der Waals surface area contributed by atoms with Gasteiger partial charge in [-0.15, -0.1) is 0 Å². The van der Waals surface area contributed by atoms with Gasteiger partial charge in [-0.25, -0.2) is 0 Å². The summed E-state index contributed by atoms with van der Waals surface area (Å²) in [6, 6.07) is 5.80. The van der Waals surface area contributed by atoms with Crippen molar-refractivity contribution in [3.8, 4) is 5.75 Å². The molecule has 1 aromatic carbocycles. The van der Waals surface area contributed by atoms with Crippen LogP contribution in [-0.2, 0) is 11.3 Å². The van der Waals surface area contributed by atoms with Gasteiger partial charge in [0.25, 0.3) is 0 Å². The van der Waals surface area contributed by atoms with Gasteiger partial charge in [0, 0.05) is 12.1 Å². The Kier molecular flexibility index (Phi) is 5.29. The SMILES string of the molecule is CCNCc1cccc(Cl)c1OCOCC1CC1. The molecular formula is C14H20ClNO2. The maximum Gasteiger partial charge on any atom is 0.189 e. The molecule has 0 aliphatic heterocycles. The number of hydrogen-bond acceptors (Lipinski definition) is 3. The number of hydrogen-bond donors (Lipinski definition) is 1. The Morgan fingerprint density at radius 3 is 2.94 bits per heavy atom. The second kappa shape index (κ2) is 6.98. The highest BCUT2D eigenvalue weighted by Crippen LogP contribution is 2.30. The van der Waals surface area contributed by atoms with Crippen LogP contribution in [0.1, 0.15) is 25.3 Å². The molecule has 0 bridgehead atoms. The van der Waals surface area contributed by atoms with Crippen molar-refractivity contribution in [3.05, 3.63) is 28.8 Å². The molecule has 0 saturated heterocycles. The number of halogens is 1. The van der Waals surface area contributed by atoms with E-state index in [1.54, 1.807) is 0 Å². The fourth-order valence-corrected chi connectivity index (χ4v) is 1.96. The van der Waals surface area contributed by atoms with Crippen molar-refractivity contribution < 1.29 is 9.47 Å². The number of nitrogens with one attached hydrogen (secondary N) is 1. The van der Waals surface area contributed by atoms with Crippen LogP contribution < -0.4 is 10.1 Å². The van der Waals surface area contributed by atoms with E-state index in [0.717, 1.165) is 36.9 Å². The molecule has 0 unspecified atom stereocenters. The highest BCUT2D eigenvalue weighted by molar-refractivity contribution is 6.32. The van der Waals surface area contributed by atoms with Crippen molar-refractivity contribution in [2.24, 2.45) is 5.92 Å². The predicted octanol–water partition coefficient (Wildman–Crippen LogP) is 3.21. The molecule has 0 radical (unpaired) electrons. The monoisotopic (exact) mass is 269 g/mol. The summed E-state index contributed by atoms with van der Waals surface area (Å²) in [5.41, 5.74) is 1.07. The largest absolute Gasteiger partial charge is 0.466 e. The highest BCUT2D eigenvalue weighted by Gasteiger charge is 2.21. The maximum absolute atomic E-state index is 6.15. The second-order valence-electron chi connectivity index (χ2n) is 4.58. The fraction of sp³-hybridized carbons (Fsp3) is 0.571. The first kappa shape index (κ1) is 13.7. The lowest BCUT2D eigenvalue weighted by atomic mass is 10.2. The normalized spacial score (nSPS) is 14.8. The molecule has 0 heterocycles. The lowest BCUT2D eigenvalue weighted by molar-refractivity contribution is 0.00947. The third-order valence-electron chi connectivity index (χ3n) is 2.95. The number of rotatable bonds is 8. The van der Waals surface area contributed by atoms with E-state index in [1.165, 1.54) is 12.8 Å². The first-order chi connectivity index (χ1) is 8.81. The van der Waals surface area contributed by atoms with E-state index < -0.39 is 0 Å². The zero-order chi connectivity index (χ0) is 12.8. The van der Waals surface area contributed by atoms with Crippen LogP contribution in [0.15, 0.2) is 18.2 Å². The molecule has 0 spiro atoms. The van der Waals surface area contributed by atoms with Crippen LogP contribution in [0.2, 0.25) is 5.02 Å². The van der Waals surface area contributed by atoms with Crippen molar-refractivity contribution in [2.75, 3.05) is 19.9 Å². The molecule has 0 amide bonds. The van der Waals surface area contributed by atoms with E-state index in [1.807, 2.05) is 18.2 Å². The van der Waals surface area contributed by atoms with Gasteiger partial charge >= 0.3 is 0 Å². The first-order valence-electron chi connectivity index (χ1n) is 6.50. The molecule has 1 N–H and O–H groups in total. The van der Waals surface area contributed by atoms with Gasteiger partial charge in [-0.05, 0) is 31.4 Å². The number of benzene rings is 1. The summed E-state index contributed by atoms with van der Waals surface area (Å²) in [6.45, 7) is 4.83. The minimum atomic E-state index is 0.277. The van der Waals surface area contributed by atoms with Gasteiger partial charge in [-0.3, -0.25) is 0 Å². The molecule has 0 aromatic heterocycles. The molecule has 18 heavy (non-hydrogen) atoms. The van der Waals surface area contributed by atoms with Crippen LogP contribution in [-0.4, -0.2) is 19.9 Å². The molecule has 1 aromatic rings. The van der Waals surface area contributed by atoms with Gasteiger partial charge in [0.2, 0.25) is 0 Å². The number of para-hydroxylation sites is 1. The van der Waals surface area contributed by atoms with Crippen LogP contribution in [0.4, 0.5) is 0 Å². The average Bonchev–Trinajstić information content (AvgIpc) is 3.18. The topological polar surface area (TPSA) is 30.5 Å². The molecule has 100 valence electrons. The Balaban J connectivity index is 1.86. The van der Waals surface area contributed by atoms with Crippen molar-refractivity contribution in [2.45, 2.75) is 26.3 Å². The molecule has 1 aliphatic carbocycles. The molecular weight excluding hydrogens is 250 g/mol. The molecule has 1 saturated carbocycles. The Morgan fingerprint density at radius 2 is 2.22 bits per heavy atom. The standard InChI is InChI=1S/C14H20ClNO2/c1-2-16-8-12-4-3-5-13(15)14(12)18-10-17-9-11-6-7-11/h3-5,11,16H,2,6-10H2,1H3. The lowest BCUT2D eigenvalue weighted by Crippen LogP contribution is -2.14. The van der Waals surface area contributed by atoms with Crippen LogP contribution >= 0.6 is 11.6 Å². The van der Waals surface area contributed by atoms with Gasteiger partial charge in [0.15, 0.2) is 6.79 Å². The first-order valence-corrected chi connectivity index (χ1v) is 6.87. The van der Waals surface area contributed by atoms with E-state index in [9.17, 15) is 0 Å². The van der Waals surface area contributed by atoms with E-state index >= 15 is 0 Å². The Labute approximate surface area is 113 Å². The molecule has 2 rings (SSSR count). The zero-order valence-corrected chi connectivity index (χ0v) is 11.5. The zero-order valence-electron chi connectivity index (χ0n) is 10.7. The maximum atomic E-state index is 6.15. The van der Waals surface area contributed by atoms with Gasteiger partial charge < -0.3 is 14.8 Å². The summed E-state index contributed by atoms with van der Waals surface area (Å²) in [5, 5.41) is 3.91. The van der Waals surface area contributed by atoms with E-state index in [4.69, 9.17) is 21.1 Å². The number of ether oxygens (including phenoxy) is 2. The van der Waals surface area contributed by atoms with Gasteiger partial charge in [-0.2, -0.15) is 0 Å². The Hall–Kier alpha value is -0.770. The molecule has 1 fully saturated rings. The van der Waals surface area contributed by atoms with Crippen LogP contribution in [0, 0.1) is 5.92 Å². The summed E-state index contributed by atoms with van der Waals surface area (Å²) in [6.07, 6.45) is 2.58. The molecule has 1 aliphatic rings. The highest BCUT2D eigenvalue weighted by atomic mass is 35.5. The van der Waals surface area contributed by atoms with Crippen molar-refractivity contribution in [1.29, 1.82) is 0 Å².